The molecule has 1 aliphatic carbocycles. The first-order chi connectivity index (χ1) is 17.5. The zero-order valence-corrected chi connectivity index (χ0v) is 23.5. The second kappa shape index (κ2) is 11.1. The molecule has 2 heteroatoms. The van der Waals surface area contributed by atoms with Gasteiger partial charge in [0.2, 0.25) is 0 Å². The summed E-state index contributed by atoms with van der Waals surface area (Å²) in [4.78, 5) is 0. The maximum absolute atomic E-state index is 2.43. The van der Waals surface area contributed by atoms with E-state index in [1.807, 2.05) is 0 Å². The van der Waals surface area contributed by atoms with Crippen LogP contribution in [0.2, 0.25) is 0 Å². The van der Waals surface area contributed by atoms with Gasteiger partial charge in [-0.05, 0) is 105 Å². The van der Waals surface area contributed by atoms with Crippen LogP contribution in [0.15, 0.2) is 120 Å². The molecule has 0 bridgehead atoms. The van der Waals surface area contributed by atoms with Crippen molar-refractivity contribution in [2.45, 2.75) is 34.1 Å². The largest absolute Gasteiger partial charge is 0.0798 e. The summed E-state index contributed by atoms with van der Waals surface area (Å²) >= 11 is 0. The molecule has 4 aromatic carbocycles. The van der Waals surface area contributed by atoms with Crippen molar-refractivity contribution in [3.05, 3.63) is 142 Å². The zero-order valence-electron chi connectivity index (χ0n) is 21.7. The number of benzene rings is 4. The average Bonchev–Trinajstić information content (AvgIpc) is 3.33. The van der Waals surface area contributed by atoms with Crippen LogP contribution in [0.4, 0.5) is 0 Å². The fraction of sp³-hybridized carbons (Fsp3) is 0.176. The predicted molar refractivity (Wildman–Crippen MR) is 163 cm³/mol. The van der Waals surface area contributed by atoms with E-state index in [1.165, 1.54) is 32.9 Å². The highest BCUT2D eigenvalue weighted by Crippen LogP contribution is 2.51. The van der Waals surface area contributed by atoms with Crippen LogP contribution in [-0.2, 0) is 0 Å². The van der Waals surface area contributed by atoms with Gasteiger partial charge >= 0.3 is 0 Å². The molecule has 36 heavy (non-hydrogen) atoms. The van der Waals surface area contributed by atoms with Crippen LogP contribution in [0.25, 0.3) is 0 Å². The summed E-state index contributed by atoms with van der Waals surface area (Å²) in [5.74, 6) is 0. The minimum Gasteiger partial charge on any atom is -0.0798 e. The van der Waals surface area contributed by atoms with E-state index in [9.17, 15) is 0 Å². The minimum absolute atomic E-state index is 0.522. The molecule has 0 saturated heterocycles. The minimum atomic E-state index is -0.587. The molecule has 0 fully saturated rings. The summed E-state index contributed by atoms with van der Waals surface area (Å²) in [6.07, 6.45) is 7.01. The predicted octanol–water partition coefficient (Wildman–Crippen LogP) is 7.70. The Morgan fingerprint density at radius 1 is 0.556 bits per heavy atom. The van der Waals surface area contributed by atoms with Gasteiger partial charge in [0.15, 0.2) is 0 Å². The van der Waals surface area contributed by atoms with Crippen LogP contribution < -0.4 is 21.2 Å². The van der Waals surface area contributed by atoms with Gasteiger partial charge in [0.1, 0.15) is 0 Å². The highest BCUT2D eigenvalue weighted by molar-refractivity contribution is 7.77. The van der Waals surface area contributed by atoms with E-state index in [1.54, 1.807) is 21.5 Å². The molecule has 0 unspecified atom stereocenters. The van der Waals surface area contributed by atoms with Gasteiger partial charge in [-0.2, -0.15) is 0 Å². The van der Waals surface area contributed by atoms with Crippen molar-refractivity contribution in [1.29, 1.82) is 0 Å². The molecule has 180 valence electrons. The topological polar surface area (TPSA) is 0 Å². The van der Waals surface area contributed by atoms with Gasteiger partial charge in [-0.25, -0.2) is 0 Å². The third kappa shape index (κ3) is 5.04. The molecule has 0 saturated carbocycles. The third-order valence-electron chi connectivity index (χ3n) is 7.04. The van der Waals surface area contributed by atoms with Crippen LogP contribution in [0.1, 0.15) is 28.7 Å². The molecule has 4 aromatic rings. The molecular formula is C34H34P2. The fourth-order valence-electron chi connectivity index (χ4n) is 5.42. The Morgan fingerprint density at radius 2 is 1.00 bits per heavy atom. The summed E-state index contributed by atoms with van der Waals surface area (Å²) in [7, 11) is -1.11. The number of hydrogen-bond acceptors (Lipinski definition) is 0. The maximum atomic E-state index is 2.43. The molecular weight excluding hydrogens is 470 g/mol. The molecule has 0 spiro atoms. The molecule has 0 amide bonds. The molecule has 0 nitrogen and oxygen atoms in total. The van der Waals surface area contributed by atoms with E-state index in [4.69, 9.17) is 0 Å². The zero-order chi connectivity index (χ0) is 25.1. The molecule has 0 heterocycles. The number of rotatable bonds is 7. The van der Waals surface area contributed by atoms with E-state index in [2.05, 4.69) is 137 Å². The third-order valence-corrected chi connectivity index (χ3v) is 12.8. The normalized spacial score (nSPS) is 13.3. The van der Waals surface area contributed by atoms with Crippen LogP contribution in [-0.4, -0.2) is 6.16 Å². The van der Waals surface area contributed by atoms with Crippen molar-refractivity contribution < 1.29 is 0 Å². The maximum Gasteiger partial charge on any atom is -0.00207 e. The Morgan fingerprint density at radius 3 is 1.44 bits per heavy atom. The van der Waals surface area contributed by atoms with Gasteiger partial charge in [-0.1, -0.05) is 115 Å². The molecule has 0 atom stereocenters. The summed E-state index contributed by atoms with van der Waals surface area (Å²) in [6, 6.07) is 35.9. The van der Waals surface area contributed by atoms with Gasteiger partial charge < -0.3 is 0 Å². The smallest absolute Gasteiger partial charge is 0.00207 e. The Hall–Kier alpha value is -2.78. The van der Waals surface area contributed by atoms with Crippen molar-refractivity contribution >= 4 is 37.1 Å². The number of aryl methyl sites for hydroxylation is 4. The van der Waals surface area contributed by atoms with Crippen molar-refractivity contribution in [2.75, 3.05) is 6.16 Å². The monoisotopic (exact) mass is 504 g/mol. The van der Waals surface area contributed by atoms with Gasteiger partial charge in [0, 0.05) is 0 Å². The van der Waals surface area contributed by atoms with Crippen molar-refractivity contribution in [3.63, 3.8) is 0 Å². The SMILES string of the molecule is Cc1cccc(C)c1P(CC1=C(P(c2ccccc2)c2ccccc2)C=CC1)c1c(C)cccc1C. The molecule has 5 rings (SSSR count). The van der Waals surface area contributed by atoms with Gasteiger partial charge in [0.25, 0.3) is 0 Å². The molecule has 0 radical (unpaired) electrons. The lowest BCUT2D eigenvalue weighted by Gasteiger charge is -2.28. The summed E-state index contributed by atoms with van der Waals surface area (Å²) in [5.41, 5.74) is 7.30. The second-order valence-electron chi connectivity index (χ2n) is 9.67. The van der Waals surface area contributed by atoms with Crippen molar-refractivity contribution in [2.24, 2.45) is 0 Å². The highest BCUT2D eigenvalue weighted by Gasteiger charge is 2.27. The van der Waals surface area contributed by atoms with E-state index >= 15 is 0 Å². The van der Waals surface area contributed by atoms with Crippen LogP contribution in [0.5, 0.6) is 0 Å². The van der Waals surface area contributed by atoms with Gasteiger partial charge in [-0.15, -0.1) is 0 Å². The van der Waals surface area contributed by atoms with Crippen LogP contribution in [0.3, 0.4) is 0 Å². The number of allylic oxidation sites excluding steroid dienone is 4. The Labute approximate surface area is 219 Å². The second-order valence-corrected chi connectivity index (χ2v) is 13.9. The summed E-state index contributed by atoms with van der Waals surface area (Å²) < 4.78 is 0. The molecule has 1 aliphatic rings. The first kappa shape index (κ1) is 24.9. The van der Waals surface area contributed by atoms with Crippen LogP contribution >= 0.6 is 15.8 Å². The first-order valence-electron chi connectivity index (χ1n) is 12.7. The van der Waals surface area contributed by atoms with E-state index in [0.29, 0.717) is 0 Å². The summed E-state index contributed by atoms with van der Waals surface area (Å²) in [5, 5.41) is 7.54. The van der Waals surface area contributed by atoms with Gasteiger partial charge in [-0.3, -0.25) is 0 Å². The first-order valence-corrected chi connectivity index (χ1v) is 15.6. The van der Waals surface area contributed by atoms with E-state index in [0.717, 1.165) is 12.6 Å². The Kier molecular flexibility index (Phi) is 7.67. The highest BCUT2D eigenvalue weighted by atomic mass is 31.1. The van der Waals surface area contributed by atoms with Crippen LogP contribution in [0, 0.1) is 27.7 Å². The van der Waals surface area contributed by atoms with E-state index in [-0.39, 0.29) is 0 Å². The number of hydrogen-bond donors (Lipinski definition) is 0. The van der Waals surface area contributed by atoms with E-state index < -0.39 is 15.8 Å². The lowest BCUT2D eigenvalue weighted by molar-refractivity contribution is 1.25. The quantitative estimate of drug-likeness (QED) is 0.226. The van der Waals surface area contributed by atoms with Crippen molar-refractivity contribution in [3.8, 4) is 0 Å². The lowest BCUT2D eigenvalue weighted by Crippen LogP contribution is -2.23. The van der Waals surface area contributed by atoms with Gasteiger partial charge in [0.05, 0.1) is 0 Å². The Bertz CT molecular complexity index is 1280. The average molecular weight is 505 g/mol. The molecule has 0 aromatic heterocycles. The molecule has 0 aliphatic heterocycles. The van der Waals surface area contributed by atoms with Crippen molar-refractivity contribution in [1.82, 2.24) is 0 Å². The molecule has 0 N–H and O–H groups in total. The standard InChI is InChI=1S/C34H34P2/c1-25-14-11-15-26(2)33(25)35(34-27(3)16-12-17-28(34)4)24-29-18-13-23-32(29)36(30-19-7-5-8-20-30)31-21-9-6-10-22-31/h5-17,19-23H,18,24H2,1-4H3. The Balaban J connectivity index is 1.67. The fourth-order valence-corrected chi connectivity index (χ4v) is 11.3. The lowest BCUT2D eigenvalue weighted by atomic mass is 10.1. The summed E-state index contributed by atoms with van der Waals surface area (Å²) in [6.45, 7) is 9.20.